The van der Waals surface area contributed by atoms with Gasteiger partial charge in [-0.15, -0.1) is 0 Å². The Kier molecular flexibility index (Phi) is 4.37. The SMILES string of the molecule is COC(=O)CCCCc1ccc2c(c1)CC(N)C2. The molecule has 1 aliphatic carbocycles. The third-order valence-corrected chi connectivity index (χ3v) is 3.56. The lowest BCUT2D eigenvalue weighted by Gasteiger charge is -2.04. The van der Waals surface area contributed by atoms with E-state index in [0.29, 0.717) is 12.5 Å². The molecule has 0 radical (unpaired) electrons. The lowest BCUT2D eigenvalue weighted by molar-refractivity contribution is -0.140. The fourth-order valence-electron chi connectivity index (χ4n) is 2.56. The first kappa shape index (κ1) is 13.1. The summed E-state index contributed by atoms with van der Waals surface area (Å²) in [6.45, 7) is 0. The monoisotopic (exact) mass is 247 g/mol. The summed E-state index contributed by atoms with van der Waals surface area (Å²) >= 11 is 0. The number of fused-ring (bicyclic) bond motifs is 1. The van der Waals surface area contributed by atoms with E-state index >= 15 is 0 Å². The van der Waals surface area contributed by atoms with Gasteiger partial charge >= 0.3 is 5.97 Å². The molecular formula is C15H21NO2. The van der Waals surface area contributed by atoms with Gasteiger partial charge in [0.25, 0.3) is 0 Å². The Labute approximate surface area is 108 Å². The zero-order valence-corrected chi connectivity index (χ0v) is 10.9. The van der Waals surface area contributed by atoms with Gasteiger partial charge in [-0.05, 0) is 48.8 Å². The lowest BCUT2D eigenvalue weighted by Crippen LogP contribution is -2.18. The van der Waals surface area contributed by atoms with Crippen molar-refractivity contribution in [3.05, 3.63) is 34.9 Å². The van der Waals surface area contributed by atoms with Crippen molar-refractivity contribution in [3.8, 4) is 0 Å². The molecule has 0 fully saturated rings. The molecule has 0 spiro atoms. The topological polar surface area (TPSA) is 52.3 Å². The van der Waals surface area contributed by atoms with Gasteiger partial charge in [-0.1, -0.05) is 18.2 Å². The second-order valence-electron chi connectivity index (χ2n) is 5.05. The van der Waals surface area contributed by atoms with Gasteiger partial charge in [-0.3, -0.25) is 4.79 Å². The van der Waals surface area contributed by atoms with E-state index in [1.807, 2.05) is 0 Å². The van der Waals surface area contributed by atoms with Crippen molar-refractivity contribution < 1.29 is 9.53 Å². The molecule has 1 unspecified atom stereocenters. The van der Waals surface area contributed by atoms with Crippen LogP contribution in [0.4, 0.5) is 0 Å². The predicted octanol–water partition coefficient (Wildman–Crippen LogP) is 2.00. The van der Waals surface area contributed by atoms with Crippen LogP contribution < -0.4 is 5.73 Å². The smallest absolute Gasteiger partial charge is 0.305 e. The molecule has 1 aromatic carbocycles. The molecule has 2 rings (SSSR count). The minimum Gasteiger partial charge on any atom is -0.469 e. The molecule has 1 aromatic rings. The van der Waals surface area contributed by atoms with E-state index in [-0.39, 0.29) is 5.97 Å². The number of methoxy groups -OCH3 is 1. The van der Waals surface area contributed by atoms with Crippen LogP contribution in [0.25, 0.3) is 0 Å². The van der Waals surface area contributed by atoms with Crippen molar-refractivity contribution >= 4 is 5.97 Å². The first-order chi connectivity index (χ1) is 8.69. The number of ether oxygens (including phenoxy) is 1. The fraction of sp³-hybridized carbons (Fsp3) is 0.533. The molecular weight excluding hydrogens is 226 g/mol. The van der Waals surface area contributed by atoms with Crippen LogP contribution in [0.15, 0.2) is 18.2 Å². The number of carbonyl (C=O) groups is 1. The Hall–Kier alpha value is -1.35. The number of esters is 1. The van der Waals surface area contributed by atoms with Gasteiger partial charge in [-0.25, -0.2) is 0 Å². The van der Waals surface area contributed by atoms with Gasteiger partial charge in [0.1, 0.15) is 0 Å². The van der Waals surface area contributed by atoms with Crippen molar-refractivity contribution in [1.82, 2.24) is 0 Å². The first-order valence-electron chi connectivity index (χ1n) is 6.62. The molecule has 3 heteroatoms. The van der Waals surface area contributed by atoms with Crippen LogP contribution in [0.2, 0.25) is 0 Å². The zero-order chi connectivity index (χ0) is 13.0. The number of carbonyl (C=O) groups excluding carboxylic acids is 1. The molecule has 0 aromatic heterocycles. The van der Waals surface area contributed by atoms with Crippen molar-refractivity contribution in [2.75, 3.05) is 7.11 Å². The van der Waals surface area contributed by atoms with Gasteiger partial charge in [-0.2, -0.15) is 0 Å². The van der Waals surface area contributed by atoms with Crippen LogP contribution in [0, 0.1) is 0 Å². The van der Waals surface area contributed by atoms with Crippen LogP contribution in [-0.4, -0.2) is 19.1 Å². The Morgan fingerprint density at radius 1 is 1.33 bits per heavy atom. The molecule has 18 heavy (non-hydrogen) atoms. The van der Waals surface area contributed by atoms with Crippen molar-refractivity contribution in [2.24, 2.45) is 5.73 Å². The van der Waals surface area contributed by atoms with Gasteiger partial charge in [0.2, 0.25) is 0 Å². The first-order valence-corrected chi connectivity index (χ1v) is 6.62. The molecule has 0 saturated heterocycles. The highest BCUT2D eigenvalue weighted by Crippen LogP contribution is 2.23. The second kappa shape index (κ2) is 6.01. The summed E-state index contributed by atoms with van der Waals surface area (Å²) in [5, 5.41) is 0. The number of unbranched alkanes of at least 4 members (excludes halogenated alkanes) is 1. The molecule has 2 N–H and O–H groups in total. The summed E-state index contributed by atoms with van der Waals surface area (Å²) < 4.78 is 4.62. The number of nitrogens with two attached hydrogens (primary N) is 1. The van der Waals surface area contributed by atoms with Crippen molar-refractivity contribution in [2.45, 2.75) is 44.6 Å². The Morgan fingerprint density at radius 3 is 2.89 bits per heavy atom. The predicted molar refractivity (Wildman–Crippen MR) is 71.4 cm³/mol. The standard InChI is InChI=1S/C15H21NO2/c1-18-15(17)5-3-2-4-11-6-7-12-9-14(16)10-13(12)8-11/h6-8,14H,2-5,9-10,16H2,1H3. The number of benzene rings is 1. The van der Waals surface area contributed by atoms with Gasteiger partial charge in [0.15, 0.2) is 0 Å². The van der Waals surface area contributed by atoms with E-state index in [2.05, 4.69) is 22.9 Å². The Balaban J connectivity index is 1.81. The molecule has 0 aliphatic heterocycles. The summed E-state index contributed by atoms with van der Waals surface area (Å²) in [7, 11) is 1.44. The summed E-state index contributed by atoms with van der Waals surface area (Å²) in [5.41, 5.74) is 10.1. The van der Waals surface area contributed by atoms with E-state index in [9.17, 15) is 4.79 Å². The highest BCUT2D eigenvalue weighted by atomic mass is 16.5. The maximum atomic E-state index is 11.0. The molecule has 3 nitrogen and oxygen atoms in total. The number of hydrogen-bond donors (Lipinski definition) is 1. The van der Waals surface area contributed by atoms with Crippen LogP contribution >= 0.6 is 0 Å². The Morgan fingerprint density at radius 2 is 2.11 bits per heavy atom. The largest absolute Gasteiger partial charge is 0.469 e. The average Bonchev–Trinajstić information content (AvgIpc) is 2.73. The van der Waals surface area contributed by atoms with E-state index in [0.717, 1.165) is 32.1 Å². The average molecular weight is 247 g/mol. The summed E-state index contributed by atoms with van der Waals surface area (Å²) in [4.78, 5) is 11.0. The third-order valence-electron chi connectivity index (χ3n) is 3.56. The van der Waals surface area contributed by atoms with E-state index in [1.54, 1.807) is 0 Å². The summed E-state index contributed by atoms with van der Waals surface area (Å²) in [6, 6.07) is 6.97. The van der Waals surface area contributed by atoms with Crippen LogP contribution in [0.5, 0.6) is 0 Å². The third kappa shape index (κ3) is 3.33. The van der Waals surface area contributed by atoms with Gasteiger partial charge in [0.05, 0.1) is 7.11 Å². The van der Waals surface area contributed by atoms with E-state index < -0.39 is 0 Å². The second-order valence-corrected chi connectivity index (χ2v) is 5.05. The number of rotatable bonds is 5. The Bertz CT molecular complexity index is 429. The van der Waals surface area contributed by atoms with Crippen LogP contribution in [-0.2, 0) is 28.8 Å². The molecule has 0 saturated carbocycles. The number of aryl methyl sites for hydroxylation is 1. The summed E-state index contributed by atoms with van der Waals surface area (Å²) in [5.74, 6) is -0.116. The van der Waals surface area contributed by atoms with Gasteiger partial charge < -0.3 is 10.5 Å². The molecule has 1 atom stereocenters. The molecule has 0 bridgehead atoms. The lowest BCUT2D eigenvalue weighted by atomic mass is 10.0. The molecule has 1 aliphatic rings. The number of hydrogen-bond acceptors (Lipinski definition) is 3. The maximum absolute atomic E-state index is 11.0. The van der Waals surface area contributed by atoms with Gasteiger partial charge in [0, 0.05) is 12.5 Å². The highest BCUT2D eigenvalue weighted by Gasteiger charge is 2.17. The van der Waals surface area contributed by atoms with Crippen LogP contribution in [0.3, 0.4) is 0 Å². The van der Waals surface area contributed by atoms with Crippen molar-refractivity contribution in [3.63, 3.8) is 0 Å². The molecule has 0 heterocycles. The van der Waals surface area contributed by atoms with Crippen molar-refractivity contribution in [1.29, 1.82) is 0 Å². The summed E-state index contributed by atoms with van der Waals surface area (Å²) in [6.07, 6.45) is 5.48. The quantitative estimate of drug-likeness (QED) is 0.639. The zero-order valence-electron chi connectivity index (χ0n) is 10.9. The highest BCUT2D eigenvalue weighted by molar-refractivity contribution is 5.68. The fourth-order valence-corrected chi connectivity index (χ4v) is 2.56. The maximum Gasteiger partial charge on any atom is 0.305 e. The molecule has 0 amide bonds. The minimum absolute atomic E-state index is 0.116. The van der Waals surface area contributed by atoms with Crippen LogP contribution in [0.1, 0.15) is 36.0 Å². The normalized spacial score (nSPS) is 17.6. The van der Waals surface area contributed by atoms with E-state index in [4.69, 9.17) is 5.73 Å². The minimum atomic E-state index is -0.116. The molecule has 98 valence electrons. The van der Waals surface area contributed by atoms with E-state index in [1.165, 1.54) is 23.8 Å².